The highest BCUT2D eigenvalue weighted by molar-refractivity contribution is 6.36. The second kappa shape index (κ2) is 8.64. The monoisotopic (exact) mass is 330 g/mol. The van der Waals surface area contributed by atoms with Crippen LogP contribution in [0.25, 0.3) is 0 Å². The third-order valence-corrected chi connectivity index (χ3v) is 3.16. The Morgan fingerprint density at radius 3 is 2.33 bits per heavy atom. The van der Waals surface area contributed by atoms with Gasteiger partial charge in [0, 0.05) is 31.0 Å². The van der Waals surface area contributed by atoms with Crippen molar-refractivity contribution in [2.75, 3.05) is 13.1 Å². The van der Waals surface area contributed by atoms with E-state index in [4.69, 9.17) is 23.2 Å². The van der Waals surface area contributed by atoms with Crippen molar-refractivity contribution in [2.24, 2.45) is 0 Å². The molecule has 0 aliphatic heterocycles. The van der Waals surface area contributed by atoms with Crippen LogP contribution in [0.2, 0.25) is 10.0 Å². The summed E-state index contributed by atoms with van der Waals surface area (Å²) in [6.07, 6.45) is 0.380. The third-order valence-electron chi connectivity index (χ3n) is 2.61. The van der Waals surface area contributed by atoms with Gasteiger partial charge in [0.2, 0.25) is 5.91 Å². The van der Waals surface area contributed by atoms with E-state index in [0.29, 0.717) is 10.6 Å². The van der Waals surface area contributed by atoms with Gasteiger partial charge in [-0.25, -0.2) is 0 Å². The van der Waals surface area contributed by atoms with Gasteiger partial charge in [0.25, 0.3) is 5.91 Å². The second-order valence-corrected chi connectivity index (χ2v) is 5.28. The molecule has 2 amide bonds. The molecule has 0 heterocycles. The number of halogens is 2. The quantitative estimate of drug-likeness (QED) is 0.752. The highest BCUT2D eigenvalue weighted by Crippen LogP contribution is 2.20. The lowest BCUT2D eigenvalue weighted by atomic mass is 10.2. The van der Waals surface area contributed by atoms with Crippen LogP contribution < -0.4 is 10.6 Å². The Kier molecular flexibility index (Phi) is 7.19. The average Bonchev–Trinajstić information content (AvgIpc) is 2.41. The van der Waals surface area contributed by atoms with Crippen molar-refractivity contribution in [1.29, 1.82) is 0 Å². The zero-order valence-corrected chi connectivity index (χ0v) is 13.1. The molecule has 0 radical (unpaired) electrons. The molecule has 1 aromatic rings. The van der Waals surface area contributed by atoms with Gasteiger partial charge in [0.05, 0.1) is 10.6 Å². The molecule has 5 nitrogen and oxygen atoms in total. The first kappa shape index (κ1) is 17.5. The van der Waals surface area contributed by atoms with E-state index < -0.39 is 0 Å². The minimum atomic E-state index is -0.338. The fourth-order valence-electron chi connectivity index (χ4n) is 1.52. The predicted molar refractivity (Wildman–Crippen MR) is 81.7 cm³/mol. The van der Waals surface area contributed by atoms with E-state index in [1.54, 1.807) is 6.07 Å². The predicted octanol–water partition coefficient (Wildman–Crippen LogP) is 2.21. The summed E-state index contributed by atoms with van der Waals surface area (Å²) in [6.45, 7) is 1.99. The molecule has 1 rings (SSSR count). The van der Waals surface area contributed by atoms with Crippen molar-refractivity contribution in [3.05, 3.63) is 33.8 Å². The molecule has 0 bridgehead atoms. The van der Waals surface area contributed by atoms with Crippen molar-refractivity contribution in [2.45, 2.75) is 19.8 Å². The minimum absolute atomic E-state index is 0.0316. The number of Topliss-reactive ketones (excluding diaryl/α,β-unsaturated/α-hetero) is 1. The zero-order valence-electron chi connectivity index (χ0n) is 11.5. The van der Waals surface area contributed by atoms with Crippen LogP contribution in [0.5, 0.6) is 0 Å². The Bertz CT molecular complexity index is 547. The summed E-state index contributed by atoms with van der Waals surface area (Å²) in [5.41, 5.74) is 0.323. The minimum Gasteiger partial charge on any atom is -0.354 e. The molecule has 1 aromatic carbocycles. The average molecular weight is 331 g/mol. The highest BCUT2D eigenvalue weighted by Gasteiger charge is 2.10. The number of rotatable bonds is 7. The normalized spacial score (nSPS) is 10.0. The number of nitrogens with one attached hydrogen (secondary N) is 2. The van der Waals surface area contributed by atoms with Gasteiger partial charge < -0.3 is 15.4 Å². The number of carbonyl (C=O) groups excluding carboxylic acids is 3. The van der Waals surface area contributed by atoms with Crippen LogP contribution in [0.1, 0.15) is 30.1 Å². The van der Waals surface area contributed by atoms with Crippen molar-refractivity contribution in [3.63, 3.8) is 0 Å². The van der Waals surface area contributed by atoms with Crippen molar-refractivity contribution in [1.82, 2.24) is 10.6 Å². The molecule has 7 heteroatoms. The van der Waals surface area contributed by atoms with E-state index in [1.807, 2.05) is 0 Å². The van der Waals surface area contributed by atoms with Crippen LogP contribution in [0.3, 0.4) is 0 Å². The van der Waals surface area contributed by atoms with E-state index in [2.05, 4.69) is 10.6 Å². The first-order chi connectivity index (χ1) is 9.90. The Morgan fingerprint density at radius 2 is 1.71 bits per heavy atom. The van der Waals surface area contributed by atoms with E-state index in [1.165, 1.54) is 19.1 Å². The van der Waals surface area contributed by atoms with Crippen molar-refractivity contribution < 1.29 is 14.4 Å². The van der Waals surface area contributed by atoms with E-state index in [0.717, 1.165) is 0 Å². The number of carbonyl (C=O) groups is 3. The molecule has 0 saturated heterocycles. The van der Waals surface area contributed by atoms with Gasteiger partial charge in [-0.1, -0.05) is 23.2 Å². The number of hydrogen-bond acceptors (Lipinski definition) is 3. The van der Waals surface area contributed by atoms with Crippen LogP contribution in [0.4, 0.5) is 0 Å². The van der Waals surface area contributed by atoms with E-state index >= 15 is 0 Å². The largest absolute Gasteiger partial charge is 0.354 e. The summed E-state index contributed by atoms with van der Waals surface area (Å²) in [7, 11) is 0. The van der Waals surface area contributed by atoms with Crippen molar-refractivity contribution in [3.8, 4) is 0 Å². The molecule has 0 aliphatic carbocycles. The smallest absolute Gasteiger partial charge is 0.252 e. The lowest BCUT2D eigenvalue weighted by Gasteiger charge is -2.08. The molecule has 0 spiro atoms. The second-order valence-electron chi connectivity index (χ2n) is 4.43. The molecule has 0 saturated carbocycles. The first-order valence-electron chi connectivity index (χ1n) is 6.39. The maximum Gasteiger partial charge on any atom is 0.252 e. The number of benzene rings is 1. The SMILES string of the molecule is CC(=O)CCC(=O)NCCNC(=O)c1ccc(Cl)cc1Cl. The standard InChI is InChI=1S/C14H16Cl2N2O3/c1-9(19)2-5-13(20)17-6-7-18-14(21)11-4-3-10(15)8-12(11)16/h3-4,8H,2,5-7H2,1H3,(H,17,20)(H,18,21). The molecule has 0 aromatic heterocycles. The number of amides is 2. The molecule has 114 valence electrons. The van der Waals surface area contributed by atoms with Crippen LogP contribution in [0, 0.1) is 0 Å². The lowest BCUT2D eigenvalue weighted by Crippen LogP contribution is -2.34. The maximum atomic E-state index is 11.8. The van der Waals surface area contributed by atoms with Crippen LogP contribution in [0.15, 0.2) is 18.2 Å². The van der Waals surface area contributed by atoms with Crippen molar-refractivity contribution >= 4 is 40.8 Å². The van der Waals surface area contributed by atoms with Gasteiger partial charge in [0.15, 0.2) is 0 Å². The lowest BCUT2D eigenvalue weighted by molar-refractivity contribution is -0.124. The Balaban J connectivity index is 2.31. The zero-order chi connectivity index (χ0) is 15.8. The number of ketones is 1. The molecule has 2 N–H and O–H groups in total. The summed E-state index contributed by atoms with van der Waals surface area (Å²) in [4.78, 5) is 33.9. The summed E-state index contributed by atoms with van der Waals surface area (Å²) in [5.74, 6) is -0.588. The molecule has 0 aliphatic rings. The summed E-state index contributed by atoms with van der Waals surface area (Å²) in [6, 6.07) is 4.60. The Hall–Kier alpha value is -1.59. The fraction of sp³-hybridized carbons (Fsp3) is 0.357. The van der Waals surface area contributed by atoms with Gasteiger partial charge in [-0.3, -0.25) is 9.59 Å². The van der Waals surface area contributed by atoms with E-state index in [9.17, 15) is 14.4 Å². The highest BCUT2D eigenvalue weighted by atomic mass is 35.5. The fourth-order valence-corrected chi connectivity index (χ4v) is 2.02. The topological polar surface area (TPSA) is 75.3 Å². The van der Waals surface area contributed by atoms with Crippen LogP contribution in [-0.4, -0.2) is 30.7 Å². The van der Waals surface area contributed by atoms with Crippen LogP contribution >= 0.6 is 23.2 Å². The number of hydrogen-bond donors (Lipinski definition) is 2. The summed E-state index contributed by atoms with van der Waals surface area (Å²) < 4.78 is 0. The Morgan fingerprint density at radius 1 is 1.05 bits per heavy atom. The Labute approximate surface area is 133 Å². The first-order valence-corrected chi connectivity index (χ1v) is 7.15. The molecule has 0 fully saturated rings. The van der Waals surface area contributed by atoms with Crippen LogP contribution in [-0.2, 0) is 9.59 Å². The van der Waals surface area contributed by atoms with Gasteiger partial charge in [0.1, 0.15) is 5.78 Å². The van der Waals surface area contributed by atoms with E-state index in [-0.39, 0.29) is 48.6 Å². The summed E-state index contributed by atoms with van der Waals surface area (Å²) >= 11 is 11.7. The van der Waals surface area contributed by atoms with Gasteiger partial charge >= 0.3 is 0 Å². The van der Waals surface area contributed by atoms with Gasteiger partial charge in [-0.2, -0.15) is 0 Å². The summed E-state index contributed by atoms with van der Waals surface area (Å²) in [5, 5.41) is 5.96. The van der Waals surface area contributed by atoms with Gasteiger partial charge in [-0.15, -0.1) is 0 Å². The molecular formula is C14H16Cl2N2O3. The molecule has 0 atom stereocenters. The molecule has 0 unspecified atom stereocenters. The molecular weight excluding hydrogens is 315 g/mol. The maximum absolute atomic E-state index is 11.8. The molecule has 21 heavy (non-hydrogen) atoms. The third kappa shape index (κ3) is 6.60. The van der Waals surface area contributed by atoms with Gasteiger partial charge in [-0.05, 0) is 25.1 Å².